The Labute approximate surface area is 134 Å². The van der Waals surface area contributed by atoms with Gasteiger partial charge in [-0.25, -0.2) is 0 Å². The number of benzene rings is 2. The van der Waals surface area contributed by atoms with Crippen molar-refractivity contribution in [2.24, 2.45) is 0 Å². The molecular weight excluding hydrogens is 326 g/mol. The number of hydrogen-bond donors (Lipinski definition) is 1. The predicted molar refractivity (Wildman–Crippen MR) is 91.0 cm³/mol. The van der Waals surface area contributed by atoms with Crippen LogP contribution >= 0.6 is 15.9 Å². The van der Waals surface area contributed by atoms with E-state index in [9.17, 15) is 4.79 Å². The van der Waals surface area contributed by atoms with Crippen molar-refractivity contribution in [2.75, 3.05) is 5.33 Å². The first kappa shape index (κ1) is 15.8. The van der Waals surface area contributed by atoms with Crippen LogP contribution in [-0.2, 0) is 5.54 Å². The average Bonchev–Trinajstić information content (AvgIpc) is 2.48. The molecule has 0 fully saturated rings. The minimum absolute atomic E-state index is 0.0311. The zero-order valence-electron chi connectivity index (χ0n) is 12.6. The molecule has 21 heavy (non-hydrogen) atoms. The molecular formula is C18H20BrNO. The van der Waals surface area contributed by atoms with E-state index < -0.39 is 5.54 Å². The fourth-order valence-electron chi connectivity index (χ4n) is 2.47. The van der Waals surface area contributed by atoms with Crippen molar-refractivity contribution in [2.45, 2.75) is 26.3 Å². The molecule has 0 aliphatic heterocycles. The lowest BCUT2D eigenvalue weighted by molar-refractivity contribution is 0.0913. The van der Waals surface area contributed by atoms with Gasteiger partial charge in [-0.05, 0) is 37.5 Å². The molecule has 1 amide bonds. The lowest BCUT2D eigenvalue weighted by Crippen LogP contribution is -2.45. The number of aryl methyl sites for hydroxylation is 2. The van der Waals surface area contributed by atoms with Gasteiger partial charge in [-0.3, -0.25) is 4.79 Å². The van der Waals surface area contributed by atoms with Crippen molar-refractivity contribution >= 4 is 21.8 Å². The lowest BCUT2D eigenvalue weighted by atomic mass is 9.93. The van der Waals surface area contributed by atoms with Crippen molar-refractivity contribution in [1.82, 2.24) is 5.32 Å². The van der Waals surface area contributed by atoms with Crippen LogP contribution in [0.15, 0.2) is 48.5 Å². The van der Waals surface area contributed by atoms with Gasteiger partial charge in [0.1, 0.15) is 0 Å². The van der Waals surface area contributed by atoms with E-state index in [2.05, 4.69) is 21.2 Å². The maximum atomic E-state index is 12.7. The first-order valence-corrected chi connectivity index (χ1v) is 8.10. The van der Waals surface area contributed by atoms with E-state index in [4.69, 9.17) is 0 Å². The van der Waals surface area contributed by atoms with E-state index in [1.54, 1.807) is 0 Å². The molecule has 0 heterocycles. The van der Waals surface area contributed by atoms with E-state index in [1.807, 2.05) is 69.3 Å². The Morgan fingerprint density at radius 1 is 1.05 bits per heavy atom. The number of amides is 1. The molecule has 0 saturated carbocycles. The van der Waals surface area contributed by atoms with Crippen LogP contribution in [0.2, 0.25) is 0 Å². The second kappa shape index (κ2) is 6.44. The molecule has 2 aromatic carbocycles. The maximum Gasteiger partial charge on any atom is 0.252 e. The monoisotopic (exact) mass is 345 g/mol. The van der Waals surface area contributed by atoms with Crippen LogP contribution in [0.3, 0.4) is 0 Å². The summed E-state index contributed by atoms with van der Waals surface area (Å²) in [5.74, 6) is -0.0311. The van der Waals surface area contributed by atoms with Crippen LogP contribution in [0.4, 0.5) is 0 Å². The van der Waals surface area contributed by atoms with Crippen molar-refractivity contribution in [3.63, 3.8) is 0 Å². The highest BCUT2D eigenvalue weighted by molar-refractivity contribution is 9.09. The molecule has 0 bridgehead atoms. The summed E-state index contributed by atoms with van der Waals surface area (Å²) in [6, 6.07) is 15.9. The van der Waals surface area contributed by atoms with Crippen molar-refractivity contribution in [1.29, 1.82) is 0 Å². The Kier molecular flexibility index (Phi) is 4.84. The summed E-state index contributed by atoms with van der Waals surface area (Å²) in [5.41, 5.74) is 3.41. The van der Waals surface area contributed by atoms with E-state index >= 15 is 0 Å². The van der Waals surface area contributed by atoms with Crippen LogP contribution in [0.1, 0.15) is 34.0 Å². The van der Waals surface area contributed by atoms with Gasteiger partial charge in [-0.1, -0.05) is 64.5 Å². The van der Waals surface area contributed by atoms with E-state index in [1.165, 1.54) is 0 Å². The number of nitrogens with one attached hydrogen (secondary N) is 1. The Hall–Kier alpha value is -1.61. The molecule has 2 rings (SSSR count). The van der Waals surface area contributed by atoms with Crippen molar-refractivity contribution in [3.8, 4) is 0 Å². The van der Waals surface area contributed by atoms with Crippen LogP contribution in [0.25, 0.3) is 0 Å². The molecule has 0 spiro atoms. The van der Waals surface area contributed by atoms with Gasteiger partial charge in [0.25, 0.3) is 5.91 Å². The standard InChI is InChI=1S/C18H20BrNO/c1-13-8-7-9-14(2)16(13)17(21)20-18(3,12-19)15-10-5-4-6-11-15/h4-11H,12H2,1-3H3,(H,20,21). The van der Waals surface area contributed by atoms with Gasteiger partial charge in [0, 0.05) is 10.9 Å². The van der Waals surface area contributed by atoms with Crippen molar-refractivity contribution in [3.05, 3.63) is 70.8 Å². The molecule has 1 unspecified atom stereocenters. The van der Waals surface area contributed by atoms with Gasteiger partial charge in [0.2, 0.25) is 0 Å². The van der Waals surface area contributed by atoms with Gasteiger partial charge in [-0.15, -0.1) is 0 Å². The third kappa shape index (κ3) is 3.35. The van der Waals surface area contributed by atoms with Crippen molar-refractivity contribution < 1.29 is 4.79 Å². The third-order valence-corrected chi connectivity index (χ3v) is 4.90. The summed E-state index contributed by atoms with van der Waals surface area (Å²) in [4.78, 5) is 12.7. The summed E-state index contributed by atoms with van der Waals surface area (Å²) in [6.07, 6.45) is 0. The predicted octanol–water partition coefficient (Wildman–Crippen LogP) is 4.34. The van der Waals surface area contributed by atoms with Gasteiger partial charge >= 0.3 is 0 Å². The first-order valence-electron chi connectivity index (χ1n) is 6.98. The van der Waals surface area contributed by atoms with Crippen LogP contribution < -0.4 is 5.32 Å². The zero-order chi connectivity index (χ0) is 15.5. The number of carbonyl (C=O) groups excluding carboxylic acids is 1. The second-order valence-corrected chi connectivity index (χ2v) is 6.11. The lowest BCUT2D eigenvalue weighted by Gasteiger charge is -2.30. The van der Waals surface area contributed by atoms with Crippen LogP contribution in [0, 0.1) is 13.8 Å². The fourth-order valence-corrected chi connectivity index (χ4v) is 2.94. The number of alkyl halides is 1. The quantitative estimate of drug-likeness (QED) is 0.820. The molecule has 0 saturated heterocycles. The molecule has 2 aromatic rings. The minimum atomic E-state index is -0.437. The Balaban J connectivity index is 2.33. The highest BCUT2D eigenvalue weighted by Gasteiger charge is 2.28. The molecule has 1 N–H and O–H groups in total. The normalized spacial score (nSPS) is 13.5. The number of carbonyl (C=O) groups is 1. The van der Waals surface area contributed by atoms with Gasteiger partial charge in [-0.2, -0.15) is 0 Å². The summed E-state index contributed by atoms with van der Waals surface area (Å²) >= 11 is 3.53. The Bertz CT molecular complexity index is 619. The zero-order valence-corrected chi connectivity index (χ0v) is 14.2. The number of rotatable bonds is 4. The highest BCUT2D eigenvalue weighted by Crippen LogP contribution is 2.24. The molecule has 2 nitrogen and oxygen atoms in total. The minimum Gasteiger partial charge on any atom is -0.342 e. The average molecular weight is 346 g/mol. The smallest absolute Gasteiger partial charge is 0.252 e. The van der Waals surface area contributed by atoms with Gasteiger partial charge in [0.15, 0.2) is 0 Å². The largest absolute Gasteiger partial charge is 0.342 e. The molecule has 0 aromatic heterocycles. The second-order valence-electron chi connectivity index (χ2n) is 5.55. The summed E-state index contributed by atoms with van der Waals surface area (Å²) in [7, 11) is 0. The van der Waals surface area contributed by atoms with E-state index in [-0.39, 0.29) is 5.91 Å². The number of halogens is 1. The summed E-state index contributed by atoms with van der Waals surface area (Å²) in [6.45, 7) is 5.97. The Morgan fingerprint density at radius 3 is 2.14 bits per heavy atom. The summed E-state index contributed by atoms with van der Waals surface area (Å²) in [5, 5.41) is 3.82. The third-order valence-electron chi connectivity index (χ3n) is 3.78. The fraction of sp³-hybridized carbons (Fsp3) is 0.278. The molecule has 0 radical (unpaired) electrons. The SMILES string of the molecule is Cc1cccc(C)c1C(=O)NC(C)(CBr)c1ccccc1. The molecule has 0 aliphatic rings. The van der Waals surface area contributed by atoms with Crippen LogP contribution in [-0.4, -0.2) is 11.2 Å². The summed E-state index contributed by atoms with van der Waals surface area (Å²) < 4.78 is 0. The first-order chi connectivity index (χ1) is 9.98. The highest BCUT2D eigenvalue weighted by atomic mass is 79.9. The molecule has 3 heteroatoms. The Morgan fingerprint density at radius 2 is 1.62 bits per heavy atom. The topological polar surface area (TPSA) is 29.1 Å². The molecule has 110 valence electrons. The van der Waals surface area contributed by atoms with Gasteiger partial charge in [0.05, 0.1) is 5.54 Å². The van der Waals surface area contributed by atoms with E-state index in [0.717, 1.165) is 22.3 Å². The molecule has 0 aliphatic carbocycles. The van der Waals surface area contributed by atoms with Crippen LogP contribution in [0.5, 0.6) is 0 Å². The van der Waals surface area contributed by atoms with E-state index in [0.29, 0.717) is 5.33 Å². The maximum absolute atomic E-state index is 12.7. The molecule has 1 atom stereocenters. The van der Waals surface area contributed by atoms with Gasteiger partial charge < -0.3 is 5.32 Å². The number of hydrogen-bond acceptors (Lipinski definition) is 1.